The van der Waals surface area contributed by atoms with Crippen LogP contribution in [0.4, 0.5) is 0 Å². The second-order valence-electron chi connectivity index (χ2n) is 2.83. The Morgan fingerprint density at radius 2 is 2.18 bits per heavy atom. The molecule has 0 aromatic carbocycles. The molecule has 0 N–H and O–H groups in total. The number of hydrogen-bond donors (Lipinski definition) is 0. The summed E-state index contributed by atoms with van der Waals surface area (Å²) < 4.78 is 4.88. The van der Waals surface area contributed by atoms with Gasteiger partial charge in [-0.2, -0.15) is 0 Å². The molecule has 0 heterocycles. The van der Waals surface area contributed by atoms with E-state index in [1.165, 1.54) is 6.08 Å². The molecule has 64 valence electrons. The van der Waals surface area contributed by atoms with Gasteiger partial charge in [0, 0.05) is 6.08 Å². The topological polar surface area (TPSA) is 26.3 Å². The van der Waals surface area contributed by atoms with Crippen molar-refractivity contribution in [3.63, 3.8) is 0 Å². The van der Waals surface area contributed by atoms with E-state index in [1.807, 2.05) is 20.8 Å². The van der Waals surface area contributed by atoms with Gasteiger partial charge in [-0.05, 0) is 12.3 Å². The standard InChI is InChI=1S/C9H16O2/c1-4-5-6-9(10)11-7-8(2)3/h5-6,8H,4,7H2,1-3H3/b6-5+. The Kier molecular flexibility index (Phi) is 5.53. The largest absolute Gasteiger partial charge is 0.462 e. The molecule has 0 rings (SSSR count). The first-order chi connectivity index (χ1) is 5.16. The Hall–Kier alpha value is -0.790. The number of allylic oxidation sites excluding steroid dienone is 1. The summed E-state index contributed by atoms with van der Waals surface area (Å²) in [5, 5.41) is 0. The normalized spacial score (nSPS) is 10.9. The third-order valence-corrected chi connectivity index (χ3v) is 1.05. The molecular formula is C9H16O2. The van der Waals surface area contributed by atoms with Gasteiger partial charge in [0.05, 0.1) is 6.61 Å². The van der Waals surface area contributed by atoms with Crippen molar-refractivity contribution < 1.29 is 9.53 Å². The van der Waals surface area contributed by atoms with Crippen molar-refractivity contribution in [2.75, 3.05) is 6.61 Å². The molecule has 2 nitrogen and oxygen atoms in total. The third kappa shape index (κ3) is 7.10. The van der Waals surface area contributed by atoms with Crippen LogP contribution in [0.25, 0.3) is 0 Å². The van der Waals surface area contributed by atoms with Gasteiger partial charge in [-0.3, -0.25) is 0 Å². The van der Waals surface area contributed by atoms with Gasteiger partial charge in [-0.15, -0.1) is 0 Å². The van der Waals surface area contributed by atoms with Crippen molar-refractivity contribution in [3.8, 4) is 0 Å². The monoisotopic (exact) mass is 156 g/mol. The van der Waals surface area contributed by atoms with Crippen molar-refractivity contribution in [1.82, 2.24) is 0 Å². The van der Waals surface area contributed by atoms with Crippen LogP contribution >= 0.6 is 0 Å². The molecule has 0 saturated heterocycles. The van der Waals surface area contributed by atoms with E-state index < -0.39 is 0 Å². The highest BCUT2D eigenvalue weighted by molar-refractivity contribution is 5.81. The van der Waals surface area contributed by atoms with Crippen molar-refractivity contribution in [1.29, 1.82) is 0 Å². The Balaban J connectivity index is 3.45. The summed E-state index contributed by atoms with van der Waals surface area (Å²) in [6, 6.07) is 0. The second kappa shape index (κ2) is 5.96. The maximum absolute atomic E-state index is 10.8. The van der Waals surface area contributed by atoms with Gasteiger partial charge >= 0.3 is 5.97 Å². The average Bonchev–Trinajstić information content (AvgIpc) is 1.97. The van der Waals surface area contributed by atoms with Crippen molar-refractivity contribution in [2.45, 2.75) is 27.2 Å². The molecule has 0 aliphatic rings. The zero-order chi connectivity index (χ0) is 8.69. The number of hydrogen-bond acceptors (Lipinski definition) is 2. The molecule has 2 heteroatoms. The molecule has 0 fully saturated rings. The molecule has 0 aromatic heterocycles. The lowest BCUT2D eigenvalue weighted by Crippen LogP contribution is -2.06. The van der Waals surface area contributed by atoms with Crippen molar-refractivity contribution >= 4 is 5.97 Å². The van der Waals surface area contributed by atoms with E-state index in [0.717, 1.165) is 6.42 Å². The summed E-state index contributed by atoms with van der Waals surface area (Å²) >= 11 is 0. The molecule has 0 spiro atoms. The van der Waals surface area contributed by atoms with Crippen molar-refractivity contribution in [3.05, 3.63) is 12.2 Å². The minimum Gasteiger partial charge on any atom is -0.462 e. The Labute approximate surface area is 68.2 Å². The average molecular weight is 156 g/mol. The van der Waals surface area contributed by atoms with Gasteiger partial charge in [0.25, 0.3) is 0 Å². The summed E-state index contributed by atoms with van der Waals surface area (Å²) in [6.07, 6.45) is 4.14. The zero-order valence-electron chi connectivity index (χ0n) is 7.46. The molecule has 0 bridgehead atoms. The van der Waals surface area contributed by atoms with E-state index in [9.17, 15) is 4.79 Å². The molecule has 0 radical (unpaired) electrons. The van der Waals surface area contributed by atoms with Gasteiger partial charge in [-0.1, -0.05) is 26.8 Å². The summed E-state index contributed by atoms with van der Waals surface area (Å²) in [5.41, 5.74) is 0. The molecule has 11 heavy (non-hydrogen) atoms. The van der Waals surface area contributed by atoms with Crippen molar-refractivity contribution in [2.24, 2.45) is 5.92 Å². The molecular weight excluding hydrogens is 140 g/mol. The molecule has 0 amide bonds. The molecule has 0 saturated carbocycles. The van der Waals surface area contributed by atoms with Crippen LogP contribution in [0.15, 0.2) is 12.2 Å². The predicted octanol–water partition coefficient (Wildman–Crippen LogP) is 2.15. The fourth-order valence-electron chi connectivity index (χ4n) is 0.511. The lowest BCUT2D eigenvalue weighted by molar-refractivity contribution is -0.138. The lowest BCUT2D eigenvalue weighted by atomic mass is 10.2. The fraction of sp³-hybridized carbons (Fsp3) is 0.667. The molecule has 0 aliphatic carbocycles. The molecule has 0 aromatic rings. The van der Waals surface area contributed by atoms with E-state index in [4.69, 9.17) is 4.74 Å². The summed E-state index contributed by atoms with van der Waals surface area (Å²) in [5.74, 6) is 0.175. The maximum atomic E-state index is 10.8. The predicted molar refractivity (Wildman–Crippen MR) is 45.2 cm³/mol. The van der Waals surface area contributed by atoms with E-state index >= 15 is 0 Å². The summed E-state index contributed by atoms with van der Waals surface area (Å²) in [6.45, 7) is 6.51. The first-order valence-corrected chi connectivity index (χ1v) is 4.00. The number of rotatable bonds is 4. The van der Waals surface area contributed by atoms with Gasteiger partial charge in [0.15, 0.2) is 0 Å². The van der Waals surface area contributed by atoms with Crippen LogP contribution in [0.3, 0.4) is 0 Å². The Bertz CT molecular complexity index is 136. The van der Waals surface area contributed by atoms with Crippen LogP contribution in [0, 0.1) is 5.92 Å². The van der Waals surface area contributed by atoms with E-state index in [1.54, 1.807) is 6.08 Å². The summed E-state index contributed by atoms with van der Waals surface area (Å²) in [4.78, 5) is 10.8. The van der Waals surface area contributed by atoms with Gasteiger partial charge < -0.3 is 4.74 Å². The fourth-order valence-corrected chi connectivity index (χ4v) is 0.511. The van der Waals surface area contributed by atoms with Crippen LogP contribution < -0.4 is 0 Å². The summed E-state index contributed by atoms with van der Waals surface area (Å²) in [7, 11) is 0. The third-order valence-electron chi connectivity index (χ3n) is 1.05. The Morgan fingerprint density at radius 3 is 2.64 bits per heavy atom. The molecule has 0 unspecified atom stereocenters. The minimum absolute atomic E-state index is 0.236. The molecule has 0 atom stereocenters. The number of carbonyl (C=O) groups is 1. The number of carbonyl (C=O) groups excluding carboxylic acids is 1. The first kappa shape index (κ1) is 10.2. The molecule has 0 aliphatic heterocycles. The first-order valence-electron chi connectivity index (χ1n) is 4.00. The van der Waals surface area contributed by atoms with Crippen LogP contribution in [0.1, 0.15) is 27.2 Å². The van der Waals surface area contributed by atoms with E-state index in [2.05, 4.69) is 0 Å². The van der Waals surface area contributed by atoms with Crippen LogP contribution in [-0.4, -0.2) is 12.6 Å². The van der Waals surface area contributed by atoms with E-state index in [-0.39, 0.29) is 5.97 Å². The quantitative estimate of drug-likeness (QED) is 0.460. The maximum Gasteiger partial charge on any atom is 0.330 e. The highest BCUT2D eigenvalue weighted by Crippen LogP contribution is 1.93. The second-order valence-corrected chi connectivity index (χ2v) is 2.83. The van der Waals surface area contributed by atoms with Crippen LogP contribution in [-0.2, 0) is 9.53 Å². The lowest BCUT2D eigenvalue weighted by Gasteiger charge is -2.03. The Morgan fingerprint density at radius 1 is 1.55 bits per heavy atom. The SMILES string of the molecule is CC/C=C/C(=O)OCC(C)C. The highest BCUT2D eigenvalue weighted by Gasteiger charge is 1.97. The van der Waals surface area contributed by atoms with Crippen LogP contribution in [0.5, 0.6) is 0 Å². The number of ether oxygens (including phenoxy) is 1. The zero-order valence-corrected chi connectivity index (χ0v) is 7.46. The minimum atomic E-state index is -0.236. The smallest absolute Gasteiger partial charge is 0.330 e. The van der Waals surface area contributed by atoms with E-state index in [0.29, 0.717) is 12.5 Å². The van der Waals surface area contributed by atoms with Crippen LogP contribution in [0.2, 0.25) is 0 Å². The highest BCUT2D eigenvalue weighted by atomic mass is 16.5. The van der Waals surface area contributed by atoms with Gasteiger partial charge in [0.1, 0.15) is 0 Å². The van der Waals surface area contributed by atoms with Gasteiger partial charge in [-0.25, -0.2) is 4.79 Å². The van der Waals surface area contributed by atoms with Gasteiger partial charge in [0.2, 0.25) is 0 Å². The number of esters is 1.